The smallest absolute Gasteiger partial charge is 0.233 e. The molecule has 4 rings (SSSR count). The minimum atomic E-state index is -0.180. The van der Waals surface area contributed by atoms with Crippen molar-refractivity contribution in [2.75, 3.05) is 11.9 Å². The van der Waals surface area contributed by atoms with Crippen LogP contribution in [0.25, 0.3) is 0 Å². The fourth-order valence-electron chi connectivity index (χ4n) is 4.72. The number of amides is 3. The lowest BCUT2D eigenvalue weighted by atomic mass is 9.81. The molecule has 3 aliphatic rings. The number of hydrogen-bond acceptors (Lipinski definition) is 4. The first-order valence-corrected chi connectivity index (χ1v) is 9.84. The van der Waals surface area contributed by atoms with Crippen LogP contribution in [-0.2, 0) is 14.4 Å². The summed E-state index contributed by atoms with van der Waals surface area (Å²) in [6.45, 7) is 0.175. The second kappa shape index (κ2) is 7.21. The first kappa shape index (κ1) is 17.2. The molecule has 26 heavy (non-hydrogen) atoms. The molecule has 140 valence electrons. The van der Waals surface area contributed by atoms with Crippen LogP contribution in [0.5, 0.6) is 0 Å². The number of imide groups is 1. The van der Waals surface area contributed by atoms with Gasteiger partial charge in [0.25, 0.3) is 0 Å². The Bertz CT molecular complexity index is 683. The Hall–Kier alpha value is -2.18. The van der Waals surface area contributed by atoms with Crippen molar-refractivity contribution in [3.05, 3.63) is 12.3 Å². The summed E-state index contributed by atoms with van der Waals surface area (Å²) in [7, 11) is 0. The molecule has 0 aromatic carbocycles. The van der Waals surface area contributed by atoms with E-state index >= 15 is 0 Å². The Morgan fingerprint density at radius 2 is 1.65 bits per heavy atom. The van der Waals surface area contributed by atoms with Gasteiger partial charge in [-0.3, -0.25) is 19.3 Å². The van der Waals surface area contributed by atoms with Crippen LogP contribution in [-0.4, -0.2) is 38.9 Å². The third-order valence-corrected chi connectivity index (χ3v) is 6.10. The first-order chi connectivity index (χ1) is 12.6. The van der Waals surface area contributed by atoms with Crippen molar-refractivity contribution >= 4 is 23.5 Å². The summed E-state index contributed by atoms with van der Waals surface area (Å²) < 4.78 is 1.89. The molecule has 3 amide bonds. The van der Waals surface area contributed by atoms with Gasteiger partial charge in [0.2, 0.25) is 17.7 Å². The van der Waals surface area contributed by atoms with E-state index in [1.807, 2.05) is 4.68 Å². The van der Waals surface area contributed by atoms with Gasteiger partial charge in [-0.05, 0) is 25.7 Å². The number of carbonyl (C=O) groups is 3. The molecule has 1 aromatic heterocycles. The first-order valence-electron chi connectivity index (χ1n) is 9.84. The topological polar surface area (TPSA) is 84.3 Å². The van der Waals surface area contributed by atoms with Crippen molar-refractivity contribution in [2.24, 2.45) is 11.8 Å². The molecule has 2 saturated carbocycles. The van der Waals surface area contributed by atoms with Gasteiger partial charge in [-0.1, -0.05) is 25.7 Å². The number of hydrogen-bond donors (Lipinski definition) is 1. The van der Waals surface area contributed by atoms with E-state index in [9.17, 15) is 14.4 Å². The van der Waals surface area contributed by atoms with Crippen molar-refractivity contribution in [1.82, 2.24) is 14.7 Å². The average Bonchev–Trinajstić information content (AvgIpc) is 3.36. The summed E-state index contributed by atoms with van der Waals surface area (Å²) in [5.74, 6) is 0.0630. The normalized spacial score (nSPS) is 26.4. The van der Waals surface area contributed by atoms with Crippen LogP contribution in [0.3, 0.4) is 0 Å². The van der Waals surface area contributed by atoms with Crippen LogP contribution in [0.2, 0.25) is 0 Å². The van der Waals surface area contributed by atoms with Crippen molar-refractivity contribution in [2.45, 2.75) is 63.8 Å². The van der Waals surface area contributed by atoms with E-state index in [0.29, 0.717) is 11.9 Å². The minimum Gasteiger partial charge on any atom is -0.311 e. The fraction of sp³-hybridized carbons (Fsp3) is 0.684. The number of anilines is 1. The summed E-state index contributed by atoms with van der Waals surface area (Å²) in [6.07, 6.45) is 10.0. The van der Waals surface area contributed by atoms with E-state index in [4.69, 9.17) is 0 Å². The standard InChI is InChI=1S/C19H26N4O3/c24-17(21-16-9-11-20-23(16)13-5-1-2-6-13)10-12-22-18(25)14-7-3-4-8-15(14)19(22)26/h9,11,13-15H,1-8,10,12H2,(H,21,24)/t14-,15-/m0/s1. The van der Waals surface area contributed by atoms with Gasteiger partial charge in [0.05, 0.1) is 24.1 Å². The molecule has 0 unspecified atom stereocenters. The second-order valence-corrected chi connectivity index (χ2v) is 7.72. The Morgan fingerprint density at radius 3 is 2.31 bits per heavy atom. The van der Waals surface area contributed by atoms with Gasteiger partial charge >= 0.3 is 0 Å². The van der Waals surface area contributed by atoms with Crippen LogP contribution in [0.4, 0.5) is 5.82 Å². The molecule has 1 aliphatic heterocycles. The molecule has 0 radical (unpaired) electrons. The van der Waals surface area contributed by atoms with Crippen LogP contribution < -0.4 is 5.32 Å². The van der Waals surface area contributed by atoms with E-state index in [0.717, 1.165) is 38.5 Å². The molecule has 1 aromatic rings. The monoisotopic (exact) mass is 358 g/mol. The Labute approximate surface area is 153 Å². The van der Waals surface area contributed by atoms with Gasteiger partial charge < -0.3 is 5.32 Å². The molecule has 2 heterocycles. The van der Waals surface area contributed by atoms with Crippen molar-refractivity contribution in [3.8, 4) is 0 Å². The zero-order valence-electron chi connectivity index (χ0n) is 15.0. The Morgan fingerprint density at radius 1 is 1.04 bits per heavy atom. The van der Waals surface area contributed by atoms with Crippen LogP contribution in [0, 0.1) is 11.8 Å². The summed E-state index contributed by atoms with van der Waals surface area (Å²) in [6, 6.07) is 2.15. The van der Waals surface area contributed by atoms with E-state index in [1.165, 1.54) is 17.7 Å². The van der Waals surface area contributed by atoms with E-state index in [1.54, 1.807) is 12.3 Å². The molecule has 1 saturated heterocycles. The predicted molar refractivity (Wildman–Crippen MR) is 95.1 cm³/mol. The average molecular weight is 358 g/mol. The zero-order valence-corrected chi connectivity index (χ0v) is 15.0. The highest BCUT2D eigenvalue weighted by molar-refractivity contribution is 6.05. The maximum Gasteiger partial charge on any atom is 0.233 e. The molecule has 0 bridgehead atoms. The minimum absolute atomic E-state index is 0.0801. The molecular formula is C19H26N4O3. The molecular weight excluding hydrogens is 332 g/mol. The number of nitrogens with one attached hydrogen (secondary N) is 1. The maximum absolute atomic E-state index is 12.5. The number of aromatic nitrogens is 2. The third kappa shape index (κ3) is 3.15. The largest absolute Gasteiger partial charge is 0.311 e. The predicted octanol–water partition coefficient (Wildman–Crippen LogP) is 2.50. The molecule has 0 spiro atoms. The lowest BCUT2D eigenvalue weighted by Gasteiger charge is -2.19. The second-order valence-electron chi connectivity index (χ2n) is 7.72. The van der Waals surface area contributed by atoms with Gasteiger partial charge in [0.15, 0.2) is 0 Å². The molecule has 1 N–H and O–H groups in total. The highest BCUT2D eigenvalue weighted by Gasteiger charge is 2.47. The summed E-state index contributed by atoms with van der Waals surface area (Å²) in [5, 5.41) is 7.24. The maximum atomic E-state index is 12.5. The Balaban J connectivity index is 1.34. The highest BCUT2D eigenvalue weighted by Crippen LogP contribution is 2.38. The summed E-state index contributed by atoms with van der Waals surface area (Å²) >= 11 is 0. The van der Waals surface area contributed by atoms with Gasteiger partial charge in [-0.25, -0.2) is 4.68 Å². The number of likely N-dealkylation sites (tertiary alicyclic amines) is 1. The zero-order chi connectivity index (χ0) is 18.1. The van der Waals surface area contributed by atoms with Crippen molar-refractivity contribution in [3.63, 3.8) is 0 Å². The van der Waals surface area contributed by atoms with Crippen LogP contribution >= 0.6 is 0 Å². The van der Waals surface area contributed by atoms with E-state index in [-0.39, 0.29) is 42.5 Å². The van der Waals surface area contributed by atoms with Crippen LogP contribution in [0.15, 0.2) is 12.3 Å². The lowest BCUT2D eigenvalue weighted by molar-refractivity contribution is -0.140. The Kier molecular flexibility index (Phi) is 4.78. The highest BCUT2D eigenvalue weighted by atomic mass is 16.2. The van der Waals surface area contributed by atoms with Crippen LogP contribution in [0.1, 0.15) is 63.8 Å². The van der Waals surface area contributed by atoms with Gasteiger partial charge in [-0.15, -0.1) is 0 Å². The van der Waals surface area contributed by atoms with Gasteiger partial charge in [-0.2, -0.15) is 5.10 Å². The number of fused-ring (bicyclic) bond motifs is 1. The van der Waals surface area contributed by atoms with Gasteiger partial charge in [0.1, 0.15) is 5.82 Å². The third-order valence-electron chi connectivity index (χ3n) is 6.10. The number of nitrogens with zero attached hydrogens (tertiary/aromatic N) is 3. The number of rotatable bonds is 5. The SMILES string of the molecule is O=C(CCN1C(=O)[C@H]2CCCC[C@@H]2C1=O)Nc1ccnn1C1CCCC1. The van der Waals surface area contributed by atoms with Crippen molar-refractivity contribution in [1.29, 1.82) is 0 Å². The molecule has 3 fully saturated rings. The molecule has 7 heteroatoms. The summed E-state index contributed by atoms with van der Waals surface area (Å²) in [5.41, 5.74) is 0. The fourth-order valence-corrected chi connectivity index (χ4v) is 4.72. The van der Waals surface area contributed by atoms with Gasteiger partial charge in [0, 0.05) is 19.0 Å². The quantitative estimate of drug-likeness (QED) is 0.820. The number of carbonyl (C=O) groups excluding carboxylic acids is 3. The van der Waals surface area contributed by atoms with E-state index in [2.05, 4.69) is 10.4 Å². The molecule has 7 nitrogen and oxygen atoms in total. The lowest BCUT2D eigenvalue weighted by Crippen LogP contribution is -2.34. The van der Waals surface area contributed by atoms with Crippen molar-refractivity contribution < 1.29 is 14.4 Å². The molecule has 2 aliphatic carbocycles. The van der Waals surface area contributed by atoms with E-state index < -0.39 is 0 Å². The molecule has 2 atom stereocenters. The summed E-state index contributed by atoms with van der Waals surface area (Å²) in [4.78, 5) is 38.6.